The van der Waals surface area contributed by atoms with Crippen LogP contribution in [0.15, 0.2) is 54.3 Å². The molecule has 2 heterocycles. The molecular formula is C25H28N2O4. The molecule has 1 saturated heterocycles. The first kappa shape index (κ1) is 21.0. The van der Waals surface area contributed by atoms with Gasteiger partial charge in [0.1, 0.15) is 5.75 Å². The van der Waals surface area contributed by atoms with Crippen LogP contribution in [0.25, 0.3) is 5.57 Å². The molecule has 31 heavy (non-hydrogen) atoms. The van der Waals surface area contributed by atoms with Crippen molar-refractivity contribution in [2.24, 2.45) is 5.92 Å². The number of carbonyl (C=O) groups excluding carboxylic acids is 2. The molecule has 0 unspecified atom stereocenters. The Morgan fingerprint density at radius 1 is 0.903 bits per heavy atom. The van der Waals surface area contributed by atoms with Gasteiger partial charge in [-0.15, -0.1) is 0 Å². The van der Waals surface area contributed by atoms with E-state index in [4.69, 9.17) is 4.74 Å². The lowest BCUT2D eigenvalue weighted by Gasteiger charge is -2.32. The summed E-state index contributed by atoms with van der Waals surface area (Å²) in [5.41, 5.74) is 2.02. The molecule has 2 aliphatic rings. The first-order valence-electron chi connectivity index (χ1n) is 10.8. The third-order valence-corrected chi connectivity index (χ3v) is 5.83. The molecule has 0 bridgehead atoms. The minimum atomic E-state index is -0.706. The topological polar surface area (TPSA) is 70.1 Å². The van der Waals surface area contributed by atoms with Crippen LogP contribution in [0, 0.1) is 5.92 Å². The van der Waals surface area contributed by atoms with Crippen molar-refractivity contribution in [1.82, 2.24) is 0 Å². The van der Waals surface area contributed by atoms with Gasteiger partial charge in [0.2, 0.25) is 0 Å². The van der Waals surface area contributed by atoms with Crippen molar-refractivity contribution in [2.75, 3.05) is 22.9 Å². The van der Waals surface area contributed by atoms with Gasteiger partial charge in [0, 0.05) is 18.8 Å². The van der Waals surface area contributed by atoms with Gasteiger partial charge in [-0.2, -0.15) is 0 Å². The molecule has 6 nitrogen and oxygen atoms in total. The summed E-state index contributed by atoms with van der Waals surface area (Å²) < 4.78 is 5.62. The van der Waals surface area contributed by atoms with Gasteiger partial charge in [-0.05, 0) is 74.6 Å². The lowest BCUT2D eigenvalue weighted by molar-refractivity contribution is -0.121. The molecule has 162 valence electrons. The van der Waals surface area contributed by atoms with Crippen molar-refractivity contribution in [1.29, 1.82) is 0 Å². The number of nitrogens with zero attached hydrogens (tertiary/aromatic N) is 2. The summed E-state index contributed by atoms with van der Waals surface area (Å²) in [6.07, 6.45) is 2.35. The molecule has 4 rings (SSSR count). The number of aliphatic hydroxyl groups is 1. The van der Waals surface area contributed by atoms with Gasteiger partial charge < -0.3 is 14.7 Å². The molecular weight excluding hydrogens is 392 g/mol. The molecule has 2 aromatic rings. The van der Waals surface area contributed by atoms with E-state index in [-0.39, 0.29) is 11.7 Å². The van der Waals surface area contributed by atoms with Crippen molar-refractivity contribution in [2.45, 2.75) is 39.7 Å². The molecule has 0 aliphatic carbocycles. The van der Waals surface area contributed by atoms with E-state index in [2.05, 4.69) is 11.8 Å². The molecule has 0 atom stereocenters. The third kappa shape index (κ3) is 4.15. The zero-order chi connectivity index (χ0) is 22.1. The first-order chi connectivity index (χ1) is 14.8. The molecule has 1 fully saturated rings. The number of carbonyl (C=O) groups is 2. The lowest BCUT2D eigenvalue weighted by atomic mass is 9.99. The Morgan fingerprint density at radius 2 is 1.48 bits per heavy atom. The van der Waals surface area contributed by atoms with Crippen LogP contribution in [0.3, 0.4) is 0 Å². The summed E-state index contributed by atoms with van der Waals surface area (Å²) in [4.78, 5) is 29.1. The lowest BCUT2D eigenvalue weighted by Crippen LogP contribution is -2.33. The number of rotatable bonds is 5. The first-order valence-corrected chi connectivity index (χ1v) is 10.8. The summed E-state index contributed by atoms with van der Waals surface area (Å²) in [6.45, 7) is 8.13. The highest BCUT2D eigenvalue weighted by atomic mass is 16.5. The Balaban J connectivity index is 1.53. The standard InChI is InChI=1S/C25H28N2O4/c1-16(2)31-21-10-4-18(5-11-21)22-23(28)25(30)27(24(22)29)20-8-6-19(7-9-20)26-14-12-17(3)13-15-26/h4-11,16-17,28H,12-15H2,1-3H3. The normalized spacial score (nSPS) is 17.8. The number of piperidine rings is 1. The molecule has 2 aromatic carbocycles. The fourth-order valence-corrected chi connectivity index (χ4v) is 4.06. The highest BCUT2D eigenvalue weighted by Crippen LogP contribution is 2.34. The molecule has 0 spiro atoms. The van der Waals surface area contributed by atoms with Crippen LogP contribution in [-0.2, 0) is 9.59 Å². The van der Waals surface area contributed by atoms with Gasteiger partial charge in [0.15, 0.2) is 5.76 Å². The van der Waals surface area contributed by atoms with Gasteiger partial charge in [-0.3, -0.25) is 9.59 Å². The van der Waals surface area contributed by atoms with Gasteiger partial charge in [-0.25, -0.2) is 4.90 Å². The molecule has 2 aliphatic heterocycles. The number of hydrogen-bond acceptors (Lipinski definition) is 5. The number of benzene rings is 2. The molecule has 1 N–H and O–H groups in total. The van der Waals surface area contributed by atoms with Crippen molar-refractivity contribution in [3.05, 3.63) is 59.9 Å². The SMILES string of the molecule is CC1CCN(c2ccc(N3C(=O)C(O)=C(c4ccc(OC(C)C)cc4)C3=O)cc2)CC1. The van der Waals surface area contributed by atoms with Crippen LogP contribution in [0.5, 0.6) is 5.75 Å². The average molecular weight is 421 g/mol. The minimum absolute atomic E-state index is 0.00944. The molecule has 2 amide bonds. The Labute approximate surface area is 182 Å². The predicted octanol–water partition coefficient (Wildman–Crippen LogP) is 4.55. The van der Waals surface area contributed by atoms with E-state index in [0.717, 1.165) is 42.4 Å². The van der Waals surface area contributed by atoms with Crippen LogP contribution in [0.4, 0.5) is 11.4 Å². The molecule has 6 heteroatoms. The number of imide groups is 1. The molecule has 0 radical (unpaired) electrons. The van der Waals surface area contributed by atoms with Crippen molar-refractivity contribution in [3.8, 4) is 5.75 Å². The fraction of sp³-hybridized carbons (Fsp3) is 0.360. The Hall–Kier alpha value is -3.28. The summed E-state index contributed by atoms with van der Waals surface area (Å²) in [5.74, 6) is -0.359. The van der Waals surface area contributed by atoms with Crippen LogP contribution >= 0.6 is 0 Å². The zero-order valence-corrected chi connectivity index (χ0v) is 18.2. The van der Waals surface area contributed by atoms with Crippen LogP contribution < -0.4 is 14.5 Å². The number of aliphatic hydroxyl groups excluding tert-OH is 1. The van der Waals surface area contributed by atoms with Crippen LogP contribution in [0.1, 0.15) is 39.2 Å². The smallest absolute Gasteiger partial charge is 0.301 e. The second-order valence-corrected chi connectivity index (χ2v) is 8.55. The third-order valence-electron chi connectivity index (χ3n) is 5.83. The van der Waals surface area contributed by atoms with Gasteiger partial charge >= 0.3 is 5.91 Å². The minimum Gasteiger partial charge on any atom is -0.502 e. The quantitative estimate of drug-likeness (QED) is 0.719. The predicted molar refractivity (Wildman–Crippen MR) is 121 cm³/mol. The largest absolute Gasteiger partial charge is 0.502 e. The maximum atomic E-state index is 13.1. The van der Waals surface area contributed by atoms with E-state index in [1.54, 1.807) is 36.4 Å². The number of amides is 2. The average Bonchev–Trinajstić information content (AvgIpc) is 2.97. The maximum Gasteiger partial charge on any atom is 0.301 e. The Morgan fingerprint density at radius 3 is 2.06 bits per heavy atom. The van der Waals surface area contributed by atoms with Gasteiger partial charge in [0.05, 0.1) is 17.4 Å². The summed E-state index contributed by atoms with van der Waals surface area (Å²) >= 11 is 0. The van der Waals surface area contributed by atoms with Crippen LogP contribution in [0.2, 0.25) is 0 Å². The van der Waals surface area contributed by atoms with E-state index < -0.39 is 17.6 Å². The summed E-state index contributed by atoms with van der Waals surface area (Å²) in [6, 6.07) is 14.2. The van der Waals surface area contributed by atoms with Crippen molar-refractivity contribution < 1.29 is 19.4 Å². The van der Waals surface area contributed by atoms with Crippen molar-refractivity contribution in [3.63, 3.8) is 0 Å². The van der Waals surface area contributed by atoms with E-state index in [1.165, 1.54) is 0 Å². The van der Waals surface area contributed by atoms with E-state index in [1.807, 2.05) is 26.0 Å². The number of ether oxygens (including phenoxy) is 1. The van der Waals surface area contributed by atoms with E-state index in [9.17, 15) is 14.7 Å². The van der Waals surface area contributed by atoms with Gasteiger partial charge in [0.25, 0.3) is 5.91 Å². The second kappa shape index (κ2) is 8.46. The summed E-state index contributed by atoms with van der Waals surface area (Å²) in [5, 5.41) is 10.4. The zero-order valence-electron chi connectivity index (χ0n) is 18.2. The Bertz CT molecular complexity index is 1000. The number of anilines is 2. The second-order valence-electron chi connectivity index (χ2n) is 8.55. The molecule has 0 aromatic heterocycles. The number of hydrogen-bond donors (Lipinski definition) is 1. The highest BCUT2D eigenvalue weighted by Gasteiger charge is 2.40. The Kier molecular flexibility index (Phi) is 5.72. The van der Waals surface area contributed by atoms with E-state index in [0.29, 0.717) is 17.0 Å². The van der Waals surface area contributed by atoms with Crippen LogP contribution in [-0.4, -0.2) is 36.1 Å². The maximum absolute atomic E-state index is 13.1. The van der Waals surface area contributed by atoms with Crippen molar-refractivity contribution >= 4 is 28.8 Å². The highest BCUT2D eigenvalue weighted by molar-refractivity contribution is 6.44. The monoisotopic (exact) mass is 420 g/mol. The van der Waals surface area contributed by atoms with E-state index >= 15 is 0 Å². The summed E-state index contributed by atoms with van der Waals surface area (Å²) in [7, 11) is 0. The fourth-order valence-electron chi connectivity index (χ4n) is 4.06. The van der Waals surface area contributed by atoms with Gasteiger partial charge in [-0.1, -0.05) is 19.1 Å². The molecule has 0 saturated carbocycles.